The van der Waals surface area contributed by atoms with E-state index in [0.717, 1.165) is 49.7 Å². The van der Waals surface area contributed by atoms with Gasteiger partial charge in [0.1, 0.15) is 5.75 Å². The Morgan fingerprint density at radius 2 is 1.00 bits per heavy atom. The van der Waals surface area contributed by atoms with E-state index in [0.29, 0.717) is 17.5 Å². The van der Waals surface area contributed by atoms with Gasteiger partial charge in [-0.2, -0.15) is 0 Å². The van der Waals surface area contributed by atoms with Crippen molar-refractivity contribution >= 4 is 29.7 Å². The molecule has 3 aromatic rings. The van der Waals surface area contributed by atoms with E-state index in [1.807, 2.05) is 36.4 Å². The first kappa shape index (κ1) is 39.6. The Morgan fingerprint density at radius 3 is 1.60 bits per heavy atom. The highest BCUT2D eigenvalue weighted by Gasteiger charge is 2.26. The highest BCUT2D eigenvalue weighted by Crippen LogP contribution is 2.23. The number of esters is 4. The number of benzene rings is 3. The van der Waals surface area contributed by atoms with E-state index >= 15 is 0 Å². The Balaban J connectivity index is 1.44. The summed E-state index contributed by atoms with van der Waals surface area (Å²) in [6, 6.07) is 20.2. The van der Waals surface area contributed by atoms with Crippen LogP contribution in [-0.2, 0) is 23.8 Å². The standard InChI is InChI=1S/C41H50O9/c1-5-7-9-11-12-13-15-37(42)33-20-16-31(17-21-33)32-18-22-34(23-19-32)41(46)50-36-26-24-35(25-27-36)40(45)49-30(4)39(44)48-29(3)38(43)47-28-14-10-8-6-2/h16-27,29-30H,5-15,28H2,1-4H3. The van der Waals surface area contributed by atoms with Gasteiger partial charge in [-0.3, -0.25) is 4.79 Å². The Kier molecular flexibility index (Phi) is 16.9. The number of unbranched alkanes of at least 4 members (excludes halogenated alkanes) is 8. The third-order valence-electron chi connectivity index (χ3n) is 8.20. The fourth-order valence-corrected chi connectivity index (χ4v) is 5.10. The highest BCUT2D eigenvalue weighted by molar-refractivity contribution is 5.96. The molecule has 9 nitrogen and oxygen atoms in total. The Morgan fingerprint density at radius 1 is 0.520 bits per heavy atom. The van der Waals surface area contributed by atoms with E-state index in [1.54, 1.807) is 12.1 Å². The van der Waals surface area contributed by atoms with E-state index in [4.69, 9.17) is 18.9 Å². The monoisotopic (exact) mass is 686 g/mol. The van der Waals surface area contributed by atoms with Gasteiger partial charge in [0.15, 0.2) is 18.0 Å². The molecule has 0 aromatic heterocycles. The summed E-state index contributed by atoms with van der Waals surface area (Å²) in [5, 5.41) is 0. The van der Waals surface area contributed by atoms with E-state index in [1.165, 1.54) is 63.8 Å². The van der Waals surface area contributed by atoms with Crippen molar-refractivity contribution in [2.24, 2.45) is 0 Å². The minimum absolute atomic E-state index is 0.128. The minimum atomic E-state index is -1.27. The maximum atomic E-state index is 12.8. The number of hydrogen-bond donors (Lipinski definition) is 0. The van der Waals surface area contributed by atoms with Crippen LogP contribution < -0.4 is 4.74 Å². The normalized spacial score (nSPS) is 12.0. The van der Waals surface area contributed by atoms with E-state index in [9.17, 15) is 24.0 Å². The highest BCUT2D eigenvalue weighted by atomic mass is 16.6. The summed E-state index contributed by atoms with van der Waals surface area (Å²) in [6.45, 7) is 7.27. The molecule has 3 aromatic carbocycles. The van der Waals surface area contributed by atoms with Crippen LogP contribution in [0.3, 0.4) is 0 Å². The van der Waals surface area contributed by atoms with Gasteiger partial charge in [-0.25, -0.2) is 19.2 Å². The van der Waals surface area contributed by atoms with E-state index < -0.39 is 36.1 Å². The van der Waals surface area contributed by atoms with Crippen LogP contribution in [0.15, 0.2) is 72.8 Å². The molecule has 0 aliphatic rings. The molecule has 0 heterocycles. The average molecular weight is 687 g/mol. The zero-order valence-electron chi connectivity index (χ0n) is 29.7. The molecule has 0 radical (unpaired) electrons. The third-order valence-corrected chi connectivity index (χ3v) is 8.20. The zero-order valence-corrected chi connectivity index (χ0v) is 29.7. The average Bonchev–Trinajstić information content (AvgIpc) is 3.13. The maximum absolute atomic E-state index is 12.8. The lowest BCUT2D eigenvalue weighted by molar-refractivity contribution is -0.171. The molecule has 0 saturated carbocycles. The predicted molar refractivity (Wildman–Crippen MR) is 191 cm³/mol. The predicted octanol–water partition coefficient (Wildman–Crippen LogP) is 9.11. The summed E-state index contributed by atoms with van der Waals surface area (Å²) in [7, 11) is 0. The van der Waals surface area contributed by atoms with Gasteiger partial charge in [0.25, 0.3) is 0 Å². The molecule has 0 spiro atoms. The lowest BCUT2D eigenvalue weighted by atomic mass is 9.99. The fourth-order valence-electron chi connectivity index (χ4n) is 5.10. The van der Waals surface area contributed by atoms with Crippen LogP contribution in [0.4, 0.5) is 0 Å². The second-order valence-electron chi connectivity index (χ2n) is 12.4. The molecule has 0 aliphatic heterocycles. The van der Waals surface area contributed by atoms with Crippen molar-refractivity contribution < 1.29 is 42.9 Å². The molecule has 0 amide bonds. The van der Waals surface area contributed by atoms with Crippen LogP contribution in [0.5, 0.6) is 5.75 Å². The number of hydrogen-bond acceptors (Lipinski definition) is 9. The van der Waals surface area contributed by atoms with Crippen LogP contribution in [-0.4, -0.2) is 48.5 Å². The third kappa shape index (κ3) is 13.3. The zero-order chi connectivity index (χ0) is 36.3. The number of rotatable bonds is 21. The summed E-state index contributed by atoms with van der Waals surface area (Å²) in [6.07, 6.45) is 8.81. The van der Waals surface area contributed by atoms with Crippen molar-refractivity contribution in [1.82, 2.24) is 0 Å². The molecular formula is C41H50O9. The molecule has 0 fully saturated rings. The van der Waals surface area contributed by atoms with Gasteiger partial charge in [0.2, 0.25) is 0 Å². The second kappa shape index (κ2) is 21.3. The molecule has 0 aliphatic carbocycles. The van der Waals surface area contributed by atoms with Crippen molar-refractivity contribution in [3.05, 3.63) is 89.5 Å². The maximum Gasteiger partial charge on any atom is 0.348 e. The molecule has 268 valence electrons. The molecule has 9 heteroatoms. The van der Waals surface area contributed by atoms with Crippen molar-refractivity contribution in [3.8, 4) is 16.9 Å². The molecule has 2 atom stereocenters. The lowest BCUT2D eigenvalue weighted by Crippen LogP contribution is -2.33. The van der Waals surface area contributed by atoms with E-state index in [-0.39, 0.29) is 23.7 Å². The van der Waals surface area contributed by atoms with E-state index in [2.05, 4.69) is 13.8 Å². The van der Waals surface area contributed by atoms with Crippen LogP contribution >= 0.6 is 0 Å². The SMILES string of the molecule is CCCCCCCCC(=O)c1ccc(-c2ccc(C(=O)Oc3ccc(C(=O)OC(C)C(=O)OC(C)C(=O)OCCCCCC)cc3)cc2)cc1. The van der Waals surface area contributed by atoms with Crippen LogP contribution in [0, 0.1) is 0 Å². The van der Waals surface area contributed by atoms with Crippen molar-refractivity contribution in [2.75, 3.05) is 6.61 Å². The number of Topliss-reactive ketones (excluding diaryl/α,β-unsaturated/α-hetero) is 1. The minimum Gasteiger partial charge on any atom is -0.463 e. The Hall–Kier alpha value is -4.79. The first-order chi connectivity index (χ1) is 24.1. The topological polar surface area (TPSA) is 122 Å². The summed E-state index contributed by atoms with van der Waals surface area (Å²) in [4.78, 5) is 62.4. The Bertz CT molecular complexity index is 1530. The van der Waals surface area contributed by atoms with Gasteiger partial charge in [0.05, 0.1) is 17.7 Å². The summed E-state index contributed by atoms with van der Waals surface area (Å²) >= 11 is 0. The summed E-state index contributed by atoms with van der Waals surface area (Å²) in [5.74, 6) is -2.53. The molecule has 3 rings (SSSR count). The molecule has 0 bridgehead atoms. The van der Waals surface area contributed by atoms with Crippen LogP contribution in [0.25, 0.3) is 11.1 Å². The first-order valence-electron chi connectivity index (χ1n) is 17.8. The quantitative estimate of drug-likeness (QED) is 0.0355. The van der Waals surface area contributed by atoms with Crippen molar-refractivity contribution in [2.45, 2.75) is 111 Å². The number of carbonyl (C=O) groups excluding carboxylic acids is 5. The Labute approximate surface area is 295 Å². The summed E-state index contributed by atoms with van der Waals surface area (Å²) < 4.78 is 20.9. The number of ether oxygens (including phenoxy) is 4. The summed E-state index contributed by atoms with van der Waals surface area (Å²) in [5.41, 5.74) is 2.99. The molecular weight excluding hydrogens is 636 g/mol. The van der Waals surface area contributed by atoms with Gasteiger partial charge in [-0.1, -0.05) is 102 Å². The largest absolute Gasteiger partial charge is 0.463 e. The van der Waals surface area contributed by atoms with Crippen molar-refractivity contribution in [3.63, 3.8) is 0 Å². The van der Waals surface area contributed by atoms with Gasteiger partial charge in [-0.05, 0) is 74.2 Å². The molecule has 0 N–H and O–H groups in total. The van der Waals surface area contributed by atoms with Crippen molar-refractivity contribution in [1.29, 1.82) is 0 Å². The first-order valence-corrected chi connectivity index (χ1v) is 17.8. The molecule has 50 heavy (non-hydrogen) atoms. The van der Waals surface area contributed by atoms with Crippen LogP contribution in [0.1, 0.15) is 129 Å². The molecule has 2 unspecified atom stereocenters. The van der Waals surface area contributed by atoms with Gasteiger partial charge in [-0.15, -0.1) is 0 Å². The smallest absolute Gasteiger partial charge is 0.348 e. The molecule has 0 saturated heterocycles. The fraction of sp³-hybridized carbons (Fsp3) is 0.439. The van der Waals surface area contributed by atoms with Gasteiger partial charge < -0.3 is 18.9 Å². The lowest BCUT2D eigenvalue weighted by Gasteiger charge is -2.16. The number of ketones is 1. The second-order valence-corrected chi connectivity index (χ2v) is 12.4. The van der Waals surface area contributed by atoms with Crippen LogP contribution in [0.2, 0.25) is 0 Å². The van der Waals surface area contributed by atoms with Gasteiger partial charge >= 0.3 is 23.9 Å². The number of carbonyl (C=O) groups is 5. The van der Waals surface area contributed by atoms with Gasteiger partial charge in [0, 0.05) is 12.0 Å².